The molecule has 2 aromatic rings. The van der Waals surface area contributed by atoms with Crippen LogP contribution in [0, 0.1) is 25.6 Å². The molecule has 26 heavy (non-hydrogen) atoms. The molecule has 3 rings (SSSR count). The van der Waals surface area contributed by atoms with Gasteiger partial charge in [0.15, 0.2) is 0 Å². The van der Waals surface area contributed by atoms with E-state index in [0.29, 0.717) is 37.2 Å². The summed E-state index contributed by atoms with van der Waals surface area (Å²) in [6, 6.07) is 11.3. The molecular weight excluding hydrogens is 333 g/mol. The first-order valence-corrected chi connectivity index (χ1v) is 8.78. The molecule has 1 fully saturated rings. The number of esters is 1. The lowest BCUT2D eigenvalue weighted by molar-refractivity contribution is -0.140. The SMILES string of the molecule is Cc1cccc(C)c1OC(=O)C1CCN(C(=O)c2ccc(F)cc2)CC1. The molecule has 0 N–H and O–H groups in total. The molecule has 1 heterocycles. The van der Waals surface area contributed by atoms with E-state index in [2.05, 4.69) is 0 Å². The van der Waals surface area contributed by atoms with Gasteiger partial charge < -0.3 is 9.64 Å². The van der Waals surface area contributed by atoms with Gasteiger partial charge in [-0.25, -0.2) is 4.39 Å². The Kier molecular flexibility index (Phi) is 5.35. The summed E-state index contributed by atoms with van der Waals surface area (Å²) in [5, 5.41) is 0. The quantitative estimate of drug-likeness (QED) is 0.620. The van der Waals surface area contributed by atoms with Crippen LogP contribution in [0.15, 0.2) is 42.5 Å². The lowest BCUT2D eigenvalue weighted by Crippen LogP contribution is -2.41. The molecule has 0 spiro atoms. The lowest BCUT2D eigenvalue weighted by Gasteiger charge is -2.31. The summed E-state index contributed by atoms with van der Waals surface area (Å²) in [5.74, 6) is -0.328. The van der Waals surface area contributed by atoms with E-state index in [1.54, 1.807) is 4.90 Å². The summed E-state index contributed by atoms with van der Waals surface area (Å²) < 4.78 is 18.6. The van der Waals surface area contributed by atoms with Crippen molar-refractivity contribution in [2.45, 2.75) is 26.7 Å². The van der Waals surface area contributed by atoms with Crippen LogP contribution in [-0.4, -0.2) is 29.9 Å². The van der Waals surface area contributed by atoms with Crippen molar-refractivity contribution in [1.29, 1.82) is 0 Å². The molecule has 5 heteroatoms. The van der Waals surface area contributed by atoms with Gasteiger partial charge >= 0.3 is 5.97 Å². The zero-order valence-corrected chi connectivity index (χ0v) is 15.0. The number of rotatable bonds is 3. The molecule has 136 valence electrons. The van der Waals surface area contributed by atoms with E-state index >= 15 is 0 Å². The van der Waals surface area contributed by atoms with E-state index in [-0.39, 0.29) is 23.6 Å². The number of amides is 1. The van der Waals surface area contributed by atoms with Crippen molar-refractivity contribution in [3.63, 3.8) is 0 Å². The van der Waals surface area contributed by atoms with Gasteiger partial charge in [0.05, 0.1) is 5.92 Å². The van der Waals surface area contributed by atoms with Gasteiger partial charge in [0.2, 0.25) is 0 Å². The van der Waals surface area contributed by atoms with Gasteiger partial charge in [-0.2, -0.15) is 0 Å². The first-order valence-electron chi connectivity index (χ1n) is 8.78. The maximum absolute atomic E-state index is 13.0. The van der Waals surface area contributed by atoms with Crippen LogP contribution in [-0.2, 0) is 4.79 Å². The van der Waals surface area contributed by atoms with Gasteiger partial charge in [-0.1, -0.05) is 18.2 Å². The summed E-state index contributed by atoms with van der Waals surface area (Å²) in [7, 11) is 0. The van der Waals surface area contributed by atoms with E-state index in [4.69, 9.17) is 4.74 Å². The van der Waals surface area contributed by atoms with Crippen molar-refractivity contribution in [2.24, 2.45) is 5.92 Å². The van der Waals surface area contributed by atoms with Crippen molar-refractivity contribution in [1.82, 2.24) is 4.90 Å². The fraction of sp³-hybridized carbons (Fsp3) is 0.333. The van der Waals surface area contributed by atoms with Crippen LogP contribution in [0.2, 0.25) is 0 Å². The molecule has 0 aliphatic carbocycles. The van der Waals surface area contributed by atoms with Gasteiger partial charge in [0.1, 0.15) is 11.6 Å². The van der Waals surface area contributed by atoms with E-state index in [0.717, 1.165) is 11.1 Å². The lowest BCUT2D eigenvalue weighted by atomic mass is 9.96. The molecule has 0 atom stereocenters. The number of likely N-dealkylation sites (tertiary alicyclic amines) is 1. The van der Waals surface area contributed by atoms with Gasteiger partial charge in [-0.05, 0) is 62.1 Å². The number of piperidine rings is 1. The second kappa shape index (κ2) is 7.68. The Morgan fingerprint density at radius 2 is 1.58 bits per heavy atom. The monoisotopic (exact) mass is 355 g/mol. The summed E-state index contributed by atoms with van der Waals surface area (Å²) in [5.41, 5.74) is 2.33. The molecule has 2 aromatic carbocycles. The zero-order valence-electron chi connectivity index (χ0n) is 15.0. The van der Waals surface area contributed by atoms with Crippen LogP contribution in [0.1, 0.15) is 34.3 Å². The van der Waals surface area contributed by atoms with E-state index < -0.39 is 0 Å². The predicted molar refractivity (Wildman–Crippen MR) is 96.6 cm³/mol. The van der Waals surface area contributed by atoms with Crippen molar-refractivity contribution in [3.05, 3.63) is 65.0 Å². The largest absolute Gasteiger partial charge is 0.426 e. The number of carbonyl (C=O) groups excluding carboxylic acids is 2. The van der Waals surface area contributed by atoms with Gasteiger partial charge in [-0.15, -0.1) is 0 Å². The highest BCUT2D eigenvalue weighted by atomic mass is 19.1. The molecule has 0 aromatic heterocycles. The van der Waals surface area contributed by atoms with Crippen molar-refractivity contribution in [2.75, 3.05) is 13.1 Å². The number of hydrogen-bond donors (Lipinski definition) is 0. The van der Waals surface area contributed by atoms with E-state index in [1.807, 2.05) is 32.0 Å². The Morgan fingerprint density at radius 1 is 1.00 bits per heavy atom. The van der Waals surface area contributed by atoms with Crippen LogP contribution in [0.5, 0.6) is 5.75 Å². The van der Waals surface area contributed by atoms with Crippen molar-refractivity contribution >= 4 is 11.9 Å². The average molecular weight is 355 g/mol. The minimum Gasteiger partial charge on any atom is -0.426 e. The van der Waals surface area contributed by atoms with E-state index in [9.17, 15) is 14.0 Å². The number of benzene rings is 2. The molecule has 0 unspecified atom stereocenters. The van der Waals surface area contributed by atoms with Gasteiger partial charge in [0.25, 0.3) is 5.91 Å². The smallest absolute Gasteiger partial charge is 0.314 e. The summed E-state index contributed by atoms with van der Waals surface area (Å²) >= 11 is 0. The van der Waals surface area contributed by atoms with Crippen LogP contribution in [0.3, 0.4) is 0 Å². The Bertz CT molecular complexity index is 788. The third kappa shape index (κ3) is 3.93. The molecule has 0 bridgehead atoms. The maximum Gasteiger partial charge on any atom is 0.314 e. The third-order valence-electron chi connectivity index (χ3n) is 4.82. The summed E-state index contributed by atoms with van der Waals surface area (Å²) in [6.45, 7) is 4.81. The van der Waals surface area contributed by atoms with Crippen molar-refractivity contribution < 1.29 is 18.7 Å². The molecular formula is C21H22FNO3. The first kappa shape index (κ1) is 18.1. The Labute approximate surface area is 152 Å². The highest BCUT2D eigenvalue weighted by Crippen LogP contribution is 2.26. The highest BCUT2D eigenvalue weighted by molar-refractivity contribution is 5.94. The second-order valence-corrected chi connectivity index (χ2v) is 6.72. The third-order valence-corrected chi connectivity index (χ3v) is 4.82. The molecule has 0 saturated carbocycles. The molecule has 1 amide bonds. The second-order valence-electron chi connectivity index (χ2n) is 6.72. The van der Waals surface area contributed by atoms with Crippen LogP contribution in [0.25, 0.3) is 0 Å². The first-order chi connectivity index (χ1) is 12.5. The minimum absolute atomic E-state index is 0.133. The fourth-order valence-corrected chi connectivity index (χ4v) is 3.24. The van der Waals surface area contributed by atoms with E-state index in [1.165, 1.54) is 24.3 Å². The number of nitrogens with zero attached hydrogens (tertiary/aromatic N) is 1. The van der Waals surface area contributed by atoms with Gasteiger partial charge in [0, 0.05) is 18.7 Å². The normalized spacial score (nSPS) is 15.0. The molecule has 1 saturated heterocycles. The number of ether oxygens (including phenoxy) is 1. The van der Waals surface area contributed by atoms with Gasteiger partial charge in [-0.3, -0.25) is 9.59 Å². The predicted octanol–water partition coefficient (Wildman–Crippen LogP) is 3.90. The Morgan fingerprint density at radius 3 is 2.15 bits per heavy atom. The van der Waals surface area contributed by atoms with Crippen LogP contribution < -0.4 is 4.74 Å². The number of hydrogen-bond acceptors (Lipinski definition) is 3. The topological polar surface area (TPSA) is 46.6 Å². The maximum atomic E-state index is 13.0. The molecule has 4 nitrogen and oxygen atoms in total. The van der Waals surface area contributed by atoms with Crippen LogP contribution >= 0.6 is 0 Å². The van der Waals surface area contributed by atoms with Crippen molar-refractivity contribution in [3.8, 4) is 5.75 Å². The average Bonchev–Trinajstić information content (AvgIpc) is 2.65. The Balaban J connectivity index is 1.58. The number of aryl methyl sites for hydroxylation is 2. The molecule has 1 aliphatic rings. The number of halogens is 1. The molecule has 0 radical (unpaired) electrons. The number of para-hydroxylation sites is 1. The minimum atomic E-state index is -0.366. The highest BCUT2D eigenvalue weighted by Gasteiger charge is 2.29. The molecule has 1 aliphatic heterocycles. The van der Waals surface area contributed by atoms with Crippen LogP contribution in [0.4, 0.5) is 4.39 Å². The standard InChI is InChI=1S/C21H22FNO3/c1-14-4-3-5-15(2)19(14)26-21(25)17-10-12-23(13-11-17)20(24)16-6-8-18(22)9-7-16/h3-9,17H,10-13H2,1-2H3. The number of carbonyl (C=O) groups is 2. The summed E-state index contributed by atoms with van der Waals surface area (Å²) in [6.07, 6.45) is 1.13. The summed E-state index contributed by atoms with van der Waals surface area (Å²) in [4.78, 5) is 26.6. The Hall–Kier alpha value is -2.69. The zero-order chi connectivity index (χ0) is 18.7. The fourth-order valence-electron chi connectivity index (χ4n) is 3.24.